The van der Waals surface area contributed by atoms with Gasteiger partial charge in [0.15, 0.2) is 0 Å². The Kier molecular flexibility index (Phi) is 6.26. The summed E-state index contributed by atoms with van der Waals surface area (Å²) in [6.45, 7) is -0.553. The van der Waals surface area contributed by atoms with Gasteiger partial charge < -0.3 is 5.32 Å². The molecule has 1 aromatic heterocycles. The molecule has 0 radical (unpaired) electrons. The highest BCUT2D eigenvalue weighted by Gasteiger charge is 2.29. The molecule has 1 aliphatic rings. The van der Waals surface area contributed by atoms with E-state index in [-0.39, 0.29) is 6.04 Å². The van der Waals surface area contributed by atoms with Gasteiger partial charge in [0.1, 0.15) is 17.9 Å². The van der Waals surface area contributed by atoms with E-state index in [1.807, 2.05) is 0 Å². The molecule has 23 heavy (non-hydrogen) atoms. The Morgan fingerprint density at radius 1 is 1.17 bits per heavy atom. The van der Waals surface area contributed by atoms with Gasteiger partial charge in [0, 0.05) is 6.04 Å². The van der Waals surface area contributed by atoms with Gasteiger partial charge in [0.2, 0.25) is 5.91 Å². The van der Waals surface area contributed by atoms with Crippen LogP contribution in [0.2, 0.25) is 5.02 Å². The highest BCUT2D eigenvalue weighted by atomic mass is 35.5. The molecule has 1 heterocycles. The third-order valence-electron chi connectivity index (χ3n) is 3.88. The van der Waals surface area contributed by atoms with Gasteiger partial charge in [0.25, 0.3) is 12.9 Å². The number of carbonyl (C=O) groups excluding carboxylic acids is 1. The maximum absolute atomic E-state index is 13.0. The Hall–Kier alpha value is -1.31. The third kappa shape index (κ3) is 4.59. The van der Waals surface area contributed by atoms with Crippen molar-refractivity contribution < 1.29 is 22.4 Å². The van der Waals surface area contributed by atoms with Gasteiger partial charge >= 0.3 is 0 Å². The molecule has 0 unspecified atom stereocenters. The van der Waals surface area contributed by atoms with Crippen LogP contribution in [0.4, 0.5) is 17.6 Å². The Labute approximate surface area is 136 Å². The van der Waals surface area contributed by atoms with Crippen LogP contribution in [0, 0.1) is 0 Å². The molecule has 0 aliphatic heterocycles. The highest BCUT2D eigenvalue weighted by Crippen LogP contribution is 2.34. The zero-order valence-electron chi connectivity index (χ0n) is 12.4. The Morgan fingerprint density at radius 2 is 1.78 bits per heavy atom. The van der Waals surface area contributed by atoms with Gasteiger partial charge in [-0.1, -0.05) is 37.3 Å². The summed E-state index contributed by atoms with van der Waals surface area (Å²) in [7, 11) is 0. The molecule has 1 amide bonds. The molecule has 1 aromatic rings. The number of nitrogens with zero attached hydrogens (tertiary/aromatic N) is 2. The van der Waals surface area contributed by atoms with E-state index < -0.39 is 41.7 Å². The molecule has 1 N–H and O–H groups in total. The minimum Gasteiger partial charge on any atom is -0.352 e. The molecular weight excluding hydrogens is 338 g/mol. The van der Waals surface area contributed by atoms with Crippen LogP contribution in [0.25, 0.3) is 0 Å². The summed E-state index contributed by atoms with van der Waals surface area (Å²) in [6.07, 6.45) is -0.305. The molecule has 0 spiro atoms. The predicted molar refractivity (Wildman–Crippen MR) is 76.8 cm³/mol. The van der Waals surface area contributed by atoms with Gasteiger partial charge in [-0.3, -0.25) is 9.48 Å². The average molecular weight is 356 g/mol. The van der Waals surface area contributed by atoms with Crippen molar-refractivity contribution in [1.29, 1.82) is 0 Å². The number of amides is 1. The summed E-state index contributed by atoms with van der Waals surface area (Å²) in [6, 6.07) is -0.0133. The van der Waals surface area contributed by atoms with Crippen LogP contribution in [0.3, 0.4) is 0 Å². The van der Waals surface area contributed by atoms with Crippen molar-refractivity contribution in [3.63, 3.8) is 0 Å². The fraction of sp³-hybridized carbons (Fsp3) is 0.714. The number of hydrogen-bond donors (Lipinski definition) is 1. The minimum atomic E-state index is -3.09. The number of aromatic nitrogens is 2. The molecular formula is C14H18ClF4N3O. The highest BCUT2D eigenvalue weighted by molar-refractivity contribution is 6.32. The first kappa shape index (κ1) is 18.0. The second-order valence-electron chi connectivity index (χ2n) is 5.60. The van der Waals surface area contributed by atoms with E-state index in [1.54, 1.807) is 0 Å². The number of halogens is 5. The van der Waals surface area contributed by atoms with Crippen molar-refractivity contribution in [2.45, 2.75) is 64.0 Å². The van der Waals surface area contributed by atoms with Gasteiger partial charge in [-0.15, -0.1) is 0 Å². The lowest BCUT2D eigenvalue weighted by Gasteiger charge is -2.16. The normalized spacial score (nSPS) is 16.8. The van der Waals surface area contributed by atoms with E-state index in [4.69, 9.17) is 11.6 Å². The summed E-state index contributed by atoms with van der Waals surface area (Å²) in [5, 5.41) is 5.35. The van der Waals surface area contributed by atoms with Crippen molar-refractivity contribution in [3.05, 3.63) is 16.4 Å². The summed E-state index contributed by atoms with van der Waals surface area (Å²) in [5.74, 6) is -0.529. The average Bonchev–Trinajstić information content (AvgIpc) is 2.62. The fourth-order valence-corrected chi connectivity index (χ4v) is 3.07. The van der Waals surface area contributed by atoms with E-state index in [0.717, 1.165) is 38.5 Å². The van der Waals surface area contributed by atoms with Crippen LogP contribution in [-0.4, -0.2) is 21.7 Å². The zero-order chi connectivity index (χ0) is 17.0. The molecule has 1 saturated carbocycles. The third-order valence-corrected chi connectivity index (χ3v) is 4.27. The minimum absolute atomic E-state index is 0.0133. The Bertz CT molecular complexity index is 542. The lowest BCUT2D eigenvalue weighted by atomic mass is 10.1. The van der Waals surface area contributed by atoms with E-state index in [9.17, 15) is 22.4 Å². The predicted octanol–water partition coefficient (Wildman–Crippen LogP) is 4.25. The molecule has 2 rings (SSSR count). The number of hydrogen-bond acceptors (Lipinski definition) is 2. The van der Waals surface area contributed by atoms with E-state index in [1.165, 1.54) is 0 Å². The van der Waals surface area contributed by atoms with Crippen LogP contribution in [0.5, 0.6) is 0 Å². The smallest absolute Gasteiger partial charge is 0.283 e. The summed E-state index contributed by atoms with van der Waals surface area (Å²) >= 11 is 5.54. The summed E-state index contributed by atoms with van der Waals surface area (Å²) in [4.78, 5) is 12.0. The zero-order valence-corrected chi connectivity index (χ0v) is 13.1. The number of alkyl halides is 4. The monoisotopic (exact) mass is 355 g/mol. The summed E-state index contributed by atoms with van der Waals surface area (Å²) in [5.41, 5.74) is -1.78. The Morgan fingerprint density at radius 3 is 2.30 bits per heavy atom. The standard InChI is InChI=1S/C14H18ClF4N3O/c15-10-11(13(16)17)21-22(12(10)14(18)19)7-9(23)20-8-5-3-1-2-4-6-8/h8,13-14H,1-7H2,(H,20,23). The van der Waals surface area contributed by atoms with Crippen molar-refractivity contribution in [2.24, 2.45) is 0 Å². The number of nitrogens with one attached hydrogen (secondary N) is 1. The van der Waals surface area contributed by atoms with Gasteiger partial charge in [-0.05, 0) is 12.8 Å². The second kappa shape index (κ2) is 7.99. The van der Waals surface area contributed by atoms with E-state index in [2.05, 4.69) is 10.4 Å². The van der Waals surface area contributed by atoms with Crippen molar-refractivity contribution in [2.75, 3.05) is 0 Å². The number of rotatable bonds is 5. The first-order chi connectivity index (χ1) is 10.9. The number of carbonyl (C=O) groups is 1. The lowest BCUT2D eigenvalue weighted by molar-refractivity contribution is -0.122. The molecule has 0 bridgehead atoms. The molecule has 130 valence electrons. The molecule has 0 saturated heterocycles. The molecule has 4 nitrogen and oxygen atoms in total. The van der Waals surface area contributed by atoms with Gasteiger partial charge in [0.05, 0.1) is 5.02 Å². The SMILES string of the molecule is O=C(Cn1nc(C(F)F)c(Cl)c1C(F)F)NC1CCCCCC1. The molecule has 1 aliphatic carbocycles. The molecule has 1 fully saturated rings. The largest absolute Gasteiger partial charge is 0.352 e. The van der Waals surface area contributed by atoms with Crippen molar-refractivity contribution in [3.8, 4) is 0 Å². The van der Waals surface area contributed by atoms with Crippen molar-refractivity contribution >= 4 is 17.5 Å². The summed E-state index contributed by atoms with van der Waals surface area (Å²) < 4.78 is 52.1. The van der Waals surface area contributed by atoms with E-state index >= 15 is 0 Å². The first-order valence-corrected chi connectivity index (χ1v) is 7.89. The van der Waals surface area contributed by atoms with Crippen LogP contribution >= 0.6 is 11.6 Å². The first-order valence-electron chi connectivity index (χ1n) is 7.52. The van der Waals surface area contributed by atoms with Crippen LogP contribution in [-0.2, 0) is 11.3 Å². The molecule has 0 aromatic carbocycles. The fourth-order valence-electron chi connectivity index (χ4n) is 2.77. The van der Waals surface area contributed by atoms with Gasteiger partial charge in [-0.2, -0.15) is 5.10 Å². The Balaban J connectivity index is 2.09. The molecule has 0 atom stereocenters. The maximum Gasteiger partial charge on any atom is 0.283 e. The second-order valence-corrected chi connectivity index (χ2v) is 5.98. The van der Waals surface area contributed by atoms with Crippen LogP contribution in [0.1, 0.15) is 62.8 Å². The van der Waals surface area contributed by atoms with E-state index in [0.29, 0.717) is 4.68 Å². The quantitative estimate of drug-likeness (QED) is 0.634. The van der Waals surface area contributed by atoms with Crippen LogP contribution in [0.15, 0.2) is 0 Å². The topological polar surface area (TPSA) is 46.9 Å². The van der Waals surface area contributed by atoms with Gasteiger partial charge in [-0.25, -0.2) is 17.6 Å². The molecule has 9 heteroatoms. The maximum atomic E-state index is 13.0. The van der Waals surface area contributed by atoms with Crippen LogP contribution < -0.4 is 5.32 Å². The lowest BCUT2D eigenvalue weighted by Crippen LogP contribution is -2.37. The van der Waals surface area contributed by atoms with Crippen molar-refractivity contribution in [1.82, 2.24) is 15.1 Å².